The molecule has 25 heavy (non-hydrogen) atoms. The Labute approximate surface area is 145 Å². The molecule has 0 unspecified atom stereocenters. The summed E-state index contributed by atoms with van der Waals surface area (Å²) in [7, 11) is 0. The lowest BCUT2D eigenvalue weighted by molar-refractivity contribution is -0.130. The molecular weight excluding hydrogens is 323 g/mol. The third kappa shape index (κ3) is 4.32. The summed E-state index contributed by atoms with van der Waals surface area (Å²) in [6.07, 6.45) is 3.07. The van der Waals surface area contributed by atoms with Gasteiger partial charge in [0, 0.05) is 49.8 Å². The minimum Gasteiger partial charge on any atom is -0.368 e. The van der Waals surface area contributed by atoms with Crippen molar-refractivity contribution in [2.75, 3.05) is 37.6 Å². The van der Waals surface area contributed by atoms with E-state index in [0.29, 0.717) is 31.7 Å². The molecule has 7 heteroatoms. The van der Waals surface area contributed by atoms with Crippen LogP contribution >= 0.6 is 0 Å². The van der Waals surface area contributed by atoms with E-state index in [2.05, 4.69) is 15.2 Å². The molecule has 0 aliphatic carbocycles. The molecule has 130 valence electrons. The van der Waals surface area contributed by atoms with E-state index in [1.807, 2.05) is 0 Å². The molecule has 1 N–H and O–H groups in total. The van der Waals surface area contributed by atoms with E-state index in [1.165, 1.54) is 24.5 Å². The van der Waals surface area contributed by atoms with E-state index in [4.69, 9.17) is 0 Å². The number of amides is 2. The van der Waals surface area contributed by atoms with Crippen molar-refractivity contribution < 1.29 is 14.0 Å². The lowest BCUT2D eigenvalue weighted by Gasteiger charge is -2.36. The van der Waals surface area contributed by atoms with E-state index in [1.54, 1.807) is 29.2 Å². The zero-order valence-electron chi connectivity index (χ0n) is 13.7. The largest absolute Gasteiger partial charge is 0.368 e. The van der Waals surface area contributed by atoms with Crippen molar-refractivity contribution in [2.45, 2.75) is 0 Å². The summed E-state index contributed by atoms with van der Waals surface area (Å²) in [6.45, 7) is 2.46. The Morgan fingerprint density at radius 2 is 1.64 bits per heavy atom. The average molecular weight is 342 g/mol. The minimum absolute atomic E-state index is 0.0301. The Morgan fingerprint density at radius 3 is 2.28 bits per heavy atom. The summed E-state index contributed by atoms with van der Waals surface area (Å²) in [5.74, 6) is -0.663. The number of benzene rings is 1. The van der Waals surface area contributed by atoms with E-state index in [-0.39, 0.29) is 24.2 Å². The monoisotopic (exact) mass is 342 g/mol. The highest BCUT2D eigenvalue weighted by atomic mass is 19.1. The summed E-state index contributed by atoms with van der Waals surface area (Å²) in [5, 5.41) is 2.63. The first-order chi connectivity index (χ1) is 12.1. The van der Waals surface area contributed by atoms with Gasteiger partial charge in [-0.05, 0) is 36.4 Å². The van der Waals surface area contributed by atoms with Crippen LogP contribution in [0.1, 0.15) is 10.4 Å². The second kappa shape index (κ2) is 7.74. The number of carbonyl (C=O) groups excluding carboxylic acids is 2. The minimum atomic E-state index is -0.291. The lowest BCUT2D eigenvalue weighted by Crippen LogP contribution is -2.51. The van der Waals surface area contributed by atoms with Gasteiger partial charge in [-0.3, -0.25) is 14.6 Å². The lowest BCUT2D eigenvalue weighted by atomic mass is 10.2. The third-order valence-electron chi connectivity index (χ3n) is 4.17. The van der Waals surface area contributed by atoms with Gasteiger partial charge in [-0.1, -0.05) is 0 Å². The van der Waals surface area contributed by atoms with Crippen LogP contribution in [0.4, 0.5) is 10.1 Å². The highest BCUT2D eigenvalue weighted by Crippen LogP contribution is 2.16. The quantitative estimate of drug-likeness (QED) is 0.910. The molecule has 2 aromatic rings. The van der Waals surface area contributed by atoms with E-state index in [9.17, 15) is 14.0 Å². The molecule has 0 saturated carbocycles. The van der Waals surface area contributed by atoms with Crippen molar-refractivity contribution in [3.8, 4) is 0 Å². The number of nitrogens with one attached hydrogen (secondary N) is 1. The Morgan fingerprint density at radius 1 is 1.00 bits per heavy atom. The van der Waals surface area contributed by atoms with Gasteiger partial charge in [0.1, 0.15) is 5.82 Å². The Bertz CT molecular complexity index is 729. The van der Waals surface area contributed by atoms with Crippen LogP contribution in [0, 0.1) is 5.82 Å². The fraction of sp³-hybridized carbons (Fsp3) is 0.278. The van der Waals surface area contributed by atoms with Crippen molar-refractivity contribution in [3.63, 3.8) is 0 Å². The number of nitrogens with zero attached hydrogens (tertiary/aromatic N) is 3. The number of hydrogen-bond donors (Lipinski definition) is 1. The van der Waals surface area contributed by atoms with Crippen LogP contribution in [-0.2, 0) is 4.79 Å². The number of pyridine rings is 1. The van der Waals surface area contributed by atoms with Gasteiger partial charge < -0.3 is 15.1 Å². The van der Waals surface area contributed by atoms with Crippen LogP contribution in [0.3, 0.4) is 0 Å². The van der Waals surface area contributed by atoms with Crippen LogP contribution < -0.4 is 10.2 Å². The number of carbonyl (C=O) groups is 2. The topological polar surface area (TPSA) is 65.5 Å². The van der Waals surface area contributed by atoms with Crippen molar-refractivity contribution >= 4 is 17.5 Å². The summed E-state index contributed by atoms with van der Waals surface area (Å²) >= 11 is 0. The highest BCUT2D eigenvalue weighted by molar-refractivity contribution is 5.96. The molecule has 1 aliphatic heterocycles. The molecule has 6 nitrogen and oxygen atoms in total. The van der Waals surface area contributed by atoms with Crippen molar-refractivity contribution in [1.82, 2.24) is 15.2 Å². The van der Waals surface area contributed by atoms with Crippen molar-refractivity contribution in [1.29, 1.82) is 0 Å². The van der Waals surface area contributed by atoms with Crippen molar-refractivity contribution in [3.05, 3.63) is 60.2 Å². The van der Waals surface area contributed by atoms with Gasteiger partial charge in [0.2, 0.25) is 5.91 Å². The van der Waals surface area contributed by atoms with Crippen molar-refractivity contribution in [2.24, 2.45) is 0 Å². The Kier molecular flexibility index (Phi) is 5.23. The molecule has 2 amide bonds. The van der Waals surface area contributed by atoms with Gasteiger partial charge in [0.05, 0.1) is 6.54 Å². The number of hydrogen-bond acceptors (Lipinski definition) is 4. The molecule has 1 aromatic heterocycles. The van der Waals surface area contributed by atoms with Crippen LogP contribution in [0.5, 0.6) is 0 Å². The second-order valence-corrected chi connectivity index (χ2v) is 5.76. The molecule has 3 rings (SSSR count). The van der Waals surface area contributed by atoms with E-state index < -0.39 is 0 Å². The first-order valence-electron chi connectivity index (χ1n) is 8.10. The van der Waals surface area contributed by atoms with Gasteiger partial charge >= 0.3 is 0 Å². The van der Waals surface area contributed by atoms with Crippen LogP contribution in [-0.4, -0.2) is 54.4 Å². The normalized spacial score (nSPS) is 14.3. The maximum absolute atomic E-state index is 13.0. The van der Waals surface area contributed by atoms with Crippen LogP contribution in [0.2, 0.25) is 0 Å². The summed E-state index contributed by atoms with van der Waals surface area (Å²) in [5.41, 5.74) is 1.42. The molecule has 1 aromatic carbocycles. The van der Waals surface area contributed by atoms with Crippen LogP contribution in [0.15, 0.2) is 48.8 Å². The average Bonchev–Trinajstić information content (AvgIpc) is 2.67. The molecular formula is C18H19FN4O2. The molecule has 0 spiro atoms. The molecule has 1 saturated heterocycles. The molecule has 0 bridgehead atoms. The first kappa shape index (κ1) is 16.9. The molecule has 1 fully saturated rings. The number of anilines is 1. The summed E-state index contributed by atoms with van der Waals surface area (Å²) < 4.78 is 13.0. The smallest absolute Gasteiger partial charge is 0.251 e. The van der Waals surface area contributed by atoms with E-state index >= 15 is 0 Å². The summed E-state index contributed by atoms with van der Waals surface area (Å²) in [4.78, 5) is 31.9. The Hall–Kier alpha value is -2.96. The first-order valence-corrected chi connectivity index (χ1v) is 8.10. The van der Waals surface area contributed by atoms with E-state index in [0.717, 1.165) is 5.69 Å². The number of halogens is 1. The van der Waals surface area contributed by atoms with Gasteiger partial charge in [-0.25, -0.2) is 4.39 Å². The molecule has 0 radical (unpaired) electrons. The molecule has 0 atom stereocenters. The number of rotatable bonds is 4. The van der Waals surface area contributed by atoms with Gasteiger partial charge in [0.15, 0.2) is 0 Å². The highest BCUT2D eigenvalue weighted by Gasteiger charge is 2.21. The summed E-state index contributed by atoms with van der Waals surface area (Å²) in [6, 6.07) is 9.54. The number of aromatic nitrogens is 1. The van der Waals surface area contributed by atoms with Gasteiger partial charge in [-0.2, -0.15) is 0 Å². The SMILES string of the molecule is O=C(NCC(=O)N1CCN(c2ccc(F)cc2)CC1)c1ccncc1. The third-order valence-corrected chi connectivity index (χ3v) is 4.17. The number of piperazine rings is 1. The zero-order valence-corrected chi connectivity index (χ0v) is 13.7. The van der Waals surface area contributed by atoms with Gasteiger partial charge in [0.25, 0.3) is 5.91 Å². The zero-order chi connectivity index (χ0) is 17.6. The molecule has 2 heterocycles. The predicted octanol–water partition coefficient (Wildman–Crippen LogP) is 1.30. The fourth-order valence-electron chi connectivity index (χ4n) is 2.74. The maximum Gasteiger partial charge on any atom is 0.251 e. The maximum atomic E-state index is 13.0. The fourth-order valence-corrected chi connectivity index (χ4v) is 2.74. The Balaban J connectivity index is 1.47. The standard InChI is InChI=1S/C18H19FN4O2/c19-15-1-3-16(4-2-15)22-9-11-23(12-10-22)17(24)13-21-18(25)14-5-7-20-8-6-14/h1-8H,9-13H2,(H,21,25). The second-order valence-electron chi connectivity index (χ2n) is 5.76. The van der Waals surface area contributed by atoms with Gasteiger partial charge in [-0.15, -0.1) is 0 Å². The molecule has 1 aliphatic rings. The van der Waals surface area contributed by atoms with Crippen LogP contribution in [0.25, 0.3) is 0 Å². The predicted molar refractivity (Wildman–Crippen MR) is 91.8 cm³/mol.